The van der Waals surface area contributed by atoms with Crippen LogP contribution in [0.5, 0.6) is 11.5 Å². The van der Waals surface area contributed by atoms with Gasteiger partial charge < -0.3 is 24.0 Å². The first kappa shape index (κ1) is 23.0. The van der Waals surface area contributed by atoms with Crippen molar-refractivity contribution in [1.82, 2.24) is 4.90 Å². The quantitative estimate of drug-likeness (QED) is 0.635. The van der Waals surface area contributed by atoms with Crippen LogP contribution in [-0.4, -0.2) is 63.3 Å². The third-order valence-corrected chi connectivity index (χ3v) is 6.05. The third-order valence-electron chi connectivity index (χ3n) is 6.05. The van der Waals surface area contributed by atoms with Crippen molar-refractivity contribution in [3.05, 3.63) is 53.6 Å². The van der Waals surface area contributed by atoms with E-state index in [1.54, 1.807) is 13.2 Å². The van der Waals surface area contributed by atoms with E-state index >= 15 is 0 Å². The summed E-state index contributed by atoms with van der Waals surface area (Å²) in [7, 11) is 2.93. The van der Waals surface area contributed by atoms with Gasteiger partial charge in [0.1, 0.15) is 12.6 Å². The van der Waals surface area contributed by atoms with E-state index in [9.17, 15) is 18.4 Å². The van der Waals surface area contributed by atoms with Gasteiger partial charge in [0.2, 0.25) is 11.8 Å². The standard InChI is InChI=1S/C24H26F2N2O5/c1-27(19-5-3-4-18(25)24(19)26)23(30)13-28-12-16(11-22(28)29)15-6-7-20(31-2)21(10-15)33-17-8-9-32-14-17/h3-7,10,16-17H,8-9,11-14H2,1-2H3/t16-,17?/m1/s1. The molecule has 2 aliphatic heterocycles. The van der Waals surface area contributed by atoms with Gasteiger partial charge in [0.15, 0.2) is 23.1 Å². The van der Waals surface area contributed by atoms with Gasteiger partial charge in [-0.15, -0.1) is 0 Å². The number of rotatable bonds is 7. The number of ether oxygens (including phenoxy) is 3. The fourth-order valence-corrected chi connectivity index (χ4v) is 4.13. The molecule has 2 heterocycles. The Balaban J connectivity index is 1.44. The van der Waals surface area contributed by atoms with E-state index in [1.807, 2.05) is 12.1 Å². The van der Waals surface area contributed by atoms with Gasteiger partial charge in [-0.25, -0.2) is 8.78 Å². The molecular weight excluding hydrogens is 434 g/mol. The van der Waals surface area contributed by atoms with Crippen LogP contribution in [0.2, 0.25) is 0 Å². The van der Waals surface area contributed by atoms with Crippen molar-refractivity contribution < 1.29 is 32.6 Å². The summed E-state index contributed by atoms with van der Waals surface area (Å²) in [6, 6.07) is 9.19. The van der Waals surface area contributed by atoms with Crippen molar-refractivity contribution in [3.63, 3.8) is 0 Å². The average Bonchev–Trinajstić information content (AvgIpc) is 3.45. The lowest BCUT2D eigenvalue weighted by atomic mass is 9.98. The molecule has 0 saturated carbocycles. The summed E-state index contributed by atoms with van der Waals surface area (Å²) in [5.74, 6) is -1.76. The molecule has 1 unspecified atom stereocenters. The lowest BCUT2D eigenvalue weighted by Gasteiger charge is -2.22. The summed E-state index contributed by atoms with van der Waals surface area (Å²) in [5.41, 5.74) is 0.730. The van der Waals surface area contributed by atoms with Crippen molar-refractivity contribution in [2.75, 3.05) is 45.4 Å². The molecule has 176 valence electrons. The minimum absolute atomic E-state index is 0.0489. The van der Waals surface area contributed by atoms with E-state index in [1.165, 1.54) is 24.1 Å². The zero-order valence-corrected chi connectivity index (χ0v) is 18.6. The van der Waals surface area contributed by atoms with Crippen molar-refractivity contribution in [1.29, 1.82) is 0 Å². The molecule has 0 aliphatic carbocycles. The molecule has 0 aromatic heterocycles. The summed E-state index contributed by atoms with van der Waals surface area (Å²) in [6.45, 7) is 1.29. The van der Waals surface area contributed by atoms with Crippen molar-refractivity contribution >= 4 is 17.5 Å². The monoisotopic (exact) mass is 460 g/mol. The normalized spacial score (nSPS) is 20.2. The fraction of sp³-hybridized carbons (Fsp3) is 0.417. The van der Waals surface area contributed by atoms with Gasteiger partial charge in [-0.3, -0.25) is 9.59 Å². The molecule has 33 heavy (non-hydrogen) atoms. The maximum Gasteiger partial charge on any atom is 0.246 e. The van der Waals surface area contributed by atoms with Gasteiger partial charge in [-0.2, -0.15) is 0 Å². The van der Waals surface area contributed by atoms with E-state index in [2.05, 4.69) is 0 Å². The Bertz CT molecular complexity index is 1040. The molecule has 0 N–H and O–H groups in total. The summed E-state index contributed by atoms with van der Waals surface area (Å²) in [4.78, 5) is 27.8. The highest BCUT2D eigenvalue weighted by atomic mass is 19.2. The van der Waals surface area contributed by atoms with Crippen LogP contribution in [0.1, 0.15) is 24.3 Å². The number of amides is 2. The first-order valence-electron chi connectivity index (χ1n) is 10.8. The summed E-state index contributed by atoms with van der Waals surface area (Å²) < 4.78 is 44.4. The maximum absolute atomic E-state index is 14.1. The van der Waals surface area contributed by atoms with Crippen LogP contribution in [-0.2, 0) is 14.3 Å². The second-order valence-electron chi connectivity index (χ2n) is 8.21. The predicted molar refractivity (Wildman–Crippen MR) is 117 cm³/mol. The molecule has 0 radical (unpaired) electrons. The third kappa shape index (κ3) is 4.93. The van der Waals surface area contributed by atoms with E-state index in [0.717, 1.165) is 23.0 Å². The first-order chi connectivity index (χ1) is 15.9. The largest absolute Gasteiger partial charge is 0.493 e. The molecule has 2 saturated heterocycles. The summed E-state index contributed by atoms with van der Waals surface area (Å²) in [5, 5.41) is 0. The molecule has 2 fully saturated rings. The number of anilines is 1. The fourth-order valence-electron chi connectivity index (χ4n) is 4.13. The molecule has 0 spiro atoms. The van der Waals surface area contributed by atoms with E-state index in [-0.39, 0.29) is 36.6 Å². The van der Waals surface area contributed by atoms with E-state index in [4.69, 9.17) is 14.2 Å². The van der Waals surface area contributed by atoms with Crippen LogP contribution in [0.3, 0.4) is 0 Å². The predicted octanol–water partition coefficient (Wildman–Crippen LogP) is 3.12. The first-order valence-corrected chi connectivity index (χ1v) is 10.8. The van der Waals surface area contributed by atoms with Gasteiger partial charge >= 0.3 is 0 Å². The smallest absolute Gasteiger partial charge is 0.246 e. The number of likely N-dealkylation sites (N-methyl/N-ethyl adjacent to an activating group) is 1. The van der Waals surface area contributed by atoms with Crippen LogP contribution in [0.15, 0.2) is 36.4 Å². The number of hydrogen-bond donors (Lipinski definition) is 0. The van der Waals surface area contributed by atoms with Crippen LogP contribution in [0.4, 0.5) is 14.5 Å². The Morgan fingerprint density at radius 3 is 2.79 bits per heavy atom. The Morgan fingerprint density at radius 1 is 1.24 bits per heavy atom. The number of methoxy groups -OCH3 is 1. The average molecular weight is 460 g/mol. The Hall–Kier alpha value is -3.20. The van der Waals surface area contributed by atoms with Gasteiger partial charge in [-0.1, -0.05) is 12.1 Å². The number of benzene rings is 2. The van der Waals surface area contributed by atoms with Crippen LogP contribution in [0.25, 0.3) is 0 Å². The maximum atomic E-state index is 14.1. The summed E-state index contributed by atoms with van der Waals surface area (Å²) in [6.07, 6.45) is 0.987. The molecule has 0 bridgehead atoms. The highest BCUT2D eigenvalue weighted by Crippen LogP contribution is 2.36. The lowest BCUT2D eigenvalue weighted by molar-refractivity contribution is -0.132. The number of carbonyl (C=O) groups is 2. The van der Waals surface area contributed by atoms with Crippen LogP contribution < -0.4 is 14.4 Å². The zero-order valence-electron chi connectivity index (χ0n) is 18.6. The second kappa shape index (κ2) is 9.74. The van der Waals surface area contributed by atoms with Gasteiger partial charge in [0.25, 0.3) is 0 Å². The van der Waals surface area contributed by atoms with Crippen molar-refractivity contribution in [2.24, 2.45) is 0 Å². The van der Waals surface area contributed by atoms with Crippen molar-refractivity contribution in [2.45, 2.75) is 24.9 Å². The molecule has 9 heteroatoms. The topological polar surface area (TPSA) is 68.3 Å². The molecule has 2 aromatic carbocycles. The molecule has 7 nitrogen and oxygen atoms in total. The van der Waals surface area contributed by atoms with E-state index in [0.29, 0.717) is 31.3 Å². The molecule has 2 aromatic rings. The van der Waals surface area contributed by atoms with Crippen LogP contribution >= 0.6 is 0 Å². The second-order valence-corrected chi connectivity index (χ2v) is 8.21. The molecule has 4 rings (SSSR count). The number of carbonyl (C=O) groups excluding carboxylic acids is 2. The van der Waals surface area contributed by atoms with Gasteiger partial charge in [-0.05, 0) is 29.8 Å². The molecule has 2 aliphatic rings. The number of hydrogen-bond acceptors (Lipinski definition) is 5. The minimum Gasteiger partial charge on any atom is -0.493 e. The number of halogens is 2. The van der Waals surface area contributed by atoms with Crippen molar-refractivity contribution in [3.8, 4) is 11.5 Å². The Labute approximate surface area is 190 Å². The van der Waals surface area contributed by atoms with Gasteiger partial charge in [0, 0.05) is 32.4 Å². The SMILES string of the molecule is COc1ccc([C@@H]2CC(=O)N(CC(=O)N(C)c3cccc(F)c3F)C2)cc1OC1CCOC1. The minimum atomic E-state index is -1.10. The highest BCUT2D eigenvalue weighted by molar-refractivity contribution is 5.96. The highest BCUT2D eigenvalue weighted by Gasteiger charge is 2.33. The van der Waals surface area contributed by atoms with Gasteiger partial charge in [0.05, 0.1) is 26.0 Å². The lowest BCUT2D eigenvalue weighted by Crippen LogP contribution is -2.39. The summed E-state index contributed by atoms with van der Waals surface area (Å²) >= 11 is 0. The Kier molecular flexibility index (Phi) is 6.78. The van der Waals surface area contributed by atoms with E-state index < -0.39 is 17.5 Å². The number of likely N-dealkylation sites (tertiary alicyclic amines) is 1. The Morgan fingerprint density at radius 2 is 2.06 bits per heavy atom. The number of nitrogens with zero attached hydrogens (tertiary/aromatic N) is 2. The molecule has 2 atom stereocenters. The molecular formula is C24H26F2N2O5. The van der Waals surface area contributed by atoms with Crippen LogP contribution in [0, 0.1) is 11.6 Å². The molecule has 2 amide bonds. The zero-order chi connectivity index (χ0) is 23.5.